The van der Waals surface area contributed by atoms with Gasteiger partial charge in [0.25, 0.3) is 0 Å². The van der Waals surface area contributed by atoms with Gasteiger partial charge in [-0.1, -0.05) is 23.8 Å². The van der Waals surface area contributed by atoms with Crippen molar-refractivity contribution >= 4 is 5.78 Å². The third-order valence-electron chi connectivity index (χ3n) is 2.25. The van der Waals surface area contributed by atoms with E-state index in [0.717, 1.165) is 5.56 Å². The molecule has 0 heterocycles. The van der Waals surface area contributed by atoms with E-state index in [9.17, 15) is 4.79 Å². The predicted molar refractivity (Wildman–Crippen MR) is 67.4 cm³/mol. The first-order valence-electron chi connectivity index (χ1n) is 5.89. The fourth-order valence-electron chi connectivity index (χ4n) is 1.41. The van der Waals surface area contributed by atoms with Gasteiger partial charge in [0.1, 0.15) is 6.61 Å². The number of hydrogen-bond acceptors (Lipinski definition) is 3. The number of carbonyl (C=O) groups excluding carboxylic acids is 1. The fourth-order valence-corrected chi connectivity index (χ4v) is 1.41. The average Bonchev–Trinajstić information content (AvgIpc) is 2.28. The van der Waals surface area contributed by atoms with Gasteiger partial charge in [0.2, 0.25) is 0 Å². The van der Waals surface area contributed by atoms with Crippen LogP contribution in [0.5, 0.6) is 0 Å². The standard InChI is InChI=1S/C14H20O3/c1-11(2)17-8-7-16-10-14(15)13-6-4-5-12(3)9-13/h4-6,9,11H,7-8,10H2,1-3H3. The molecule has 0 unspecified atom stereocenters. The van der Waals surface area contributed by atoms with E-state index in [1.807, 2.05) is 45.0 Å². The Balaban J connectivity index is 2.26. The Morgan fingerprint density at radius 2 is 2.06 bits per heavy atom. The van der Waals surface area contributed by atoms with Gasteiger partial charge < -0.3 is 9.47 Å². The van der Waals surface area contributed by atoms with Crippen molar-refractivity contribution in [3.05, 3.63) is 35.4 Å². The summed E-state index contributed by atoms with van der Waals surface area (Å²) in [5.74, 6) is 0.0123. The summed E-state index contributed by atoms with van der Waals surface area (Å²) in [5.41, 5.74) is 1.79. The summed E-state index contributed by atoms with van der Waals surface area (Å²) in [7, 11) is 0. The van der Waals surface area contributed by atoms with Crippen LogP contribution in [0.15, 0.2) is 24.3 Å². The summed E-state index contributed by atoms with van der Waals surface area (Å²) in [4.78, 5) is 11.7. The van der Waals surface area contributed by atoms with Crippen molar-refractivity contribution in [1.82, 2.24) is 0 Å². The van der Waals surface area contributed by atoms with Crippen LogP contribution in [0.25, 0.3) is 0 Å². The Kier molecular flexibility index (Phi) is 5.87. The minimum Gasteiger partial charge on any atom is -0.376 e. The van der Waals surface area contributed by atoms with Crippen LogP contribution in [0.2, 0.25) is 0 Å². The van der Waals surface area contributed by atoms with E-state index in [1.165, 1.54) is 0 Å². The van der Waals surface area contributed by atoms with Crippen LogP contribution in [0.4, 0.5) is 0 Å². The second-order valence-corrected chi connectivity index (χ2v) is 4.26. The first-order valence-corrected chi connectivity index (χ1v) is 5.89. The largest absolute Gasteiger partial charge is 0.376 e. The molecule has 0 aliphatic rings. The van der Waals surface area contributed by atoms with Crippen molar-refractivity contribution in [2.45, 2.75) is 26.9 Å². The molecule has 0 saturated heterocycles. The lowest BCUT2D eigenvalue weighted by atomic mass is 10.1. The van der Waals surface area contributed by atoms with Gasteiger partial charge in [0, 0.05) is 5.56 Å². The first kappa shape index (κ1) is 13.9. The van der Waals surface area contributed by atoms with Gasteiger partial charge >= 0.3 is 0 Å². The number of rotatable bonds is 7. The molecule has 0 aromatic heterocycles. The lowest BCUT2D eigenvalue weighted by Crippen LogP contribution is -2.14. The molecule has 0 saturated carbocycles. The van der Waals surface area contributed by atoms with Crippen molar-refractivity contribution in [3.63, 3.8) is 0 Å². The summed E-state index contributed by atoms with van der Waals surface area (Å²) in [6.07, 6.45) is 0.200. The molecule has 0 radical (unpaired) electrons. The van der Waals surface area contributed by atoms with Crippen LogP contribution in [0.1, 0.15) is 29.8 Å². The Hall–Kier alpha value is -1.19. The maximum Gasteiger partial charge on any atom is 0.188 e. The van der Waals surface area contributed by atoms with E-state index in [4.69, 9.17) is 9.47 Å². The molecule has 1 aromatic carbocycles. The summed E-state index contributed by atoms with van der Waals surface area (Å²) in [6.45, 7) is 7.00. The van der Waals surface area contributed by atoms with Crippen LogP contribution in [0.3, 0.4) is 0 Å². The summed E-state index contributed by atoms with van der Waals surface area (Å²) in [6, 6.07) is 7.53. The van der Waals surface area contributed by atoms with Crippen molar-refractivity contribution in [1.29, 1.82) is 0 Å². The van der Waals surface area contributed by atoms with Gasteiger partial charge in [0.05, 0.1) is 19.3 Å². The van der Waals surface area contributed by atoms with Gasteiger partial charge in [-0.2, -0.15) is 0 Å². The summed E-state index contributed by atoms with van der Waals surface area (Å²) in [5, 5.41) is 0. The minimum absolute atomic E-state index is 0.0123. The molecule has 1 rings (SSSR count). The Labute approximate surface area is 103 Å². The zero-order chi connectivity index (χ0) is 12.7. The molecule has 17 heavy (non-hydrogen) atoms. The van der Waals surface area contributed by atoms with Gasteiger partial charge in [-0.05, 0) is 26.8 Å². The van der Waals surface area contributed by atoms with Gasteiger partial charge in [-0.3, -0.25) is 4.79 Å². The third-order valence-corrected chi connectivity index (χ3v) is 2.25. The van der Waals surface area contributed by atoms with Crippen LogP contribution in [-0.2, 0) is 9.47 Å². The van der Waals surface area contributed by atoms with Gasteiger partial charge in [-0.25, -0.2) is 0 Å². The van der Waals surface area contributed by atoms with E-state index in [0.29, 0.717) is 18.8 Å². The number of Topliss-reactive ketones (excluding diaryl/α,β-unsaturated/α-hetero) is 1. The van der Waals surface area contributed by atoms with E-state index in [2.05, 4.69) is 0 Å². The van der Waals surface area contributed by atoms with Crippen molar-refractivity contribution in [2.75, 3.05) is 19.8 Å². The molecule has 0 fully saturated rings. The molecule has 1 aromatic rings. The van der Waals surface area contributed by atoms with Gasteiger partial charge in [-0.15, -0.1) is 0 Å². The number of hydrogen-bond donors (Lipinski definition) is 0. The molecule has 0 atom stereocenters. The zero-order valence-corrected chi connectivity index (χ0v) is 10.7. The Bertz CT molecular complexity index is 358. The van der Waals surface area contributed by atoms with Crippen LogP contribution in [-0.4, -0.2) is 31.7 Å². The van der Waals surface area contributed by atoms with Crippen molar-refractivity contribution in [3.8, 4) is 0 Å². The highest BCUT2D eigenvalue weighted by Gasteiger charge is 2.05. The Morgan fingerprint density at radius 3 is 2.71 bits per heavy atom. The highest BCUT2D eigenvalue weighted by Crippen LogP contribution is 2.05. The summed E-state index contributed by atoms with van der Waals surface area (Å²) >= 11 is 0. The van der Waals surface area contributed by atoms with E-state index < -0.39 is 0 Å². The van der Waals surface area contributed by atoms with Gasteiger partial charge in [0.15, 0.2) is 5.78 Å². The van der Waals surface area contributed by atoms with Crippen LogP contribution < -0.4 is 0 Å². The third kappa shape index (κ3) is 5.61. The molecule has 0 aliphatic heterocycles. The number of benzene rings is 1. The average molecular weight is 236 g/mol. The smallest absolute Gasteiger partial charge is 0.188 e. The maximum atomic E-state index is 11.7. The Morgan fingerprint density at radius 1 is 1.29 bits per heavy atom. The quantitative estimate of drug-likeness (QED) is 0.539. The summed E-state index contributed by atoms with van der Waals surface area (Å²) < 4.78 is 10.6. The van der Waals surface area contributed by atoms with E-state index in [-0.39, 0.29) is 18.5 Å². The topological polar surface area (TPSA) is 35.5 Å². The van der Waals surface area contributed by atoms with E-state index in [1.54, 1.807) is 0 Å². The molecule has 0 spiro atoms. The van der Waals surface area contributed by atoms with Crippen molar-refractivity contribution in [2.24, 2.45) is 0 Å². The van der Waals surface area contributed by atoms with Crippen LogP contribution in [0, 0.1) is 6.92 Å². The van der Waals surface area contributed by atoms with E-state index >= 15 is 0 Å². The molecule has 0 bridgehead atoms. The molecule has 0 amide bonds. The normalized spacial score (nSPS) is 10.8. The second kappa shape index (κ2) is 7.20. The second-order valence-electron chi connectivity index (χ2n) is 4.26. The monoisotopic (exact) mass is 236 g/mol. The first-order chi connectivity index (χ1) is 8.09. The van der Waals surface area contributed by atoms with Crippen LogP contribution >= 0.6 is 0 Å². The number of aryl methyl sites for hydroxylation is 1. The molecule has 94 valence electrons. The lowest BCUT2D eigenvalue weighted by Gasteiger charge is -2.07. The predicted octanol–water partition coefficient (Wildman–Crippen LogP) is 2.62. The minimum atomic E-state index is 0.0123. The molecular formula is C14H20O3. The molecular weight excluding hydrogens is 216 g/mol. The highest BCUT2D eigenvalue weighted by molar-refractivity contribution is 5.97. The maximum absolute atomic E-state index is 11.7. The number of carbonyl (C=O) groups is 1. The molecule has 3 nitrogen and oxygen atoms in total. The fraction of sp³-hybridized carbons (Fsp3) is 0.500. The molecule has 0 aliphatic carbocycles. The van der Waals surface area contributed by atoms with Crippen molar-refractivity contribution < 1.29 is 14.3 Å². The molecule has 3 heteroatoms. The SMILES string of the molecule is Cc1cccc(C(=O)COCCOC(C)C)c1. The number of ketones is 1. The number of ether oxygens (including phenoxy) is 2. The highest BCUT2D eigenvalue weighted by atomic mass is 16.5. The molecule has 0 N–H and O–H groups in total. The lowest BCUT2D eigenvalue weighted by molar-refractivity contribution is 0.0208. The zero-order valence-electron chi connectivity index (χ0n) is 10.7.